The molecule has 1 aliphatic heterocycles. The predicted octanol–water partition coefficient (Wildman–Crippen LogP) is 0.457. The maximum Gasteiger partial charge on any atom is 0.410 e. The molecular formula is C9H11BN4O2S. The lowest BCUT2D eigenvalue weighted by Gasteiger charge is -2.30. The number of thioether (sulfide) groups is 1. The Bertz CT molecular complexity index is 573. The number of hydrogen-bond acceptors (Lipinski definition) is 6. The zero-order valence-electron chi connectivity index (χ0n) is 9.24. The molecule has 88 valence electrons. The summed E-state index contributed by atoms with van der Waals surface area (Å²) in [6, 6.07) is 1.72. The lowest BCUT2D eigenvalue weighted by atomic mass is 9.85. The summed E-state index contributed by atoms with van der Waals surface area (Å²) < 4.78 is 1.40. The van der Waals surface area contributed by atoms with E-state index in [2.05, 4.69) is 10.1 Å². The molecule has 0 aliphatic carbocycles. The second-order valence-corrected chi connectivity index (χ2v) is 4.97. The van der Waals surface area contributed by atoms with Crippen molar-refractivity contribution in [1.82, 2.24) is 14.6 Å². The van der Waals surface area contributed by atoms with Crippen molar-refractivity contribution < 1.29 is 10.1 Å². The van der Waals surface area contributed by atoms with E-state index < -0.39 is 7.05 Å². The first kappa shape index (κ1) is 10.7. The van der Waals surface area contributed by atoms with Crippen LogP contribution in [-0.2, 0) is 0 Å². The third-order valence-corrected chi connectivity index (χ3v) is 3.79. The summed E-state index contributed by atoms with van der Waals surface area (Å²) in [5, 5.41) is 23.8. The molecule has 0 radical (unpaired) electrons. The van der Waals surface area contributed by atoms with Crippen LogP contribution < -0.4 is 4.81 Å². The van der Waals surface area contributed by atoms with Crippen molar-refractivity contribution in [3.8, 4) is 5.88 Å². The Morgan fingerprint density at radius 3 is 3.12 bits per heavy atom. The van der Waals surface area contributed by atoms with Crippen LogP contribution in [0.3, 0.4) is 0 Å². The monoisotopic (exact) mass is 250 g/mol. The Kier molecular flexibility index (Phi) is 2.41. The first-order valence-corrected chi connectivity index (χ1v) is 6.31. The number of rotatable bonds is 1. The highest BCUT2D eigenvalue weighted by Crippen LogP contribution is 2.39. The SMILES string of the molecule is CB(O)N1CCSc2c1nc1ccnn1c2O. The molecule has 1 aliphatic rings. The normalized spacial score (nSPS) is 15.1. The van der Waals surface area contributed by atoms with Crippen molar-refractivity contribution in [2.24, 2.45) is 0 Å². The van der Waals surface area contributed by atoms with E-state index in [1.54, 1.807) is 23.9 Å². The summed E-state index contributed by atoms with van der Waals surface area (Å²) >= 11 is 1.53. The molecule has 2 aromatic heterocycles. The van der Waals surface area contributed by atoms with Crippen LogP contribution in [0.2, 0.25) is 6.82 Å². The topological polar surface area (TPSA) is 73.9 Å². The molecule has 0 fully saturated rings. The van der Waals surface area contributed by atoms with E-state index in [9.17, 15) is 10.1 Å². The minimum absolute atomic E-state index is 0.0883. The molecule has 8 heteroatoms. The van der Waals surface area contributed by atoms with Gasteiger partial charge >= 0.3 is 7.05 Å². The van der Waals surface area contributed by atoms with Gasteiger partial charge in [-0.05, 0) is 6.82 Å². The van der Waals surface area contributed by atoms with Crippen LogP contribution in [0.15, 0.2) is 17.2 Å². The number of aromatic hydroxyl groups is 1. The summed E-state index contributed by atoms with van der Waals surface area (Å²) in [5.41, 5.74) is 0.578. The molecule has 0 spiro atoms. The van der Waals surface area contributed by atoms with Gasteiger partial charge in [0.2, 0.25) is 5.88 Å². The van der Waals surface area contributed by atoms with Crippen LogP contribution in [0, 0.1) is 0 Å². The largest absolute Gasteiger partial charge is 0.492 e. The van der Waals surface area contributed by atoms with Gasteiger partial charge in [0.05, 0.1) is 6.20 Å². The second-order valence-electron chi connectivity index (χ2n) is 3.86. The average molecular weight is 250 g/mol. The maximum absolute atomic E-state index is 10.1. The van der Waals surface area contributed by atoms with Gasteiger partial charge in [-0.3, -0.25) is 0 Å². The lowest BCUT2D eigenvalue weighted by Crippen LogP contribution is -2.41. The molecule has 0 unspecified atom stereocenters. The lowest BCUT2D eigenvalue weighted by molar-refractivity contribution is 0.420. The van der Waals surface area contributed by atoms with Gasteiger partial charge in [-0.1, -0.05) is 0 Å². The Morgan fingerprint density at radius 1 is 1.53 bits per heavy atom. The predicted molar refractivity (Wildman–Crippen MR) is 66.6 cm³/mol. The molecule has 2 N–H and O–H groups in total. The van der Waals surface area contributed by atoms with E-state index in [1.165, 1.54) is 16.3 Å². The van der Waals surface area contributed by atoms with Crippen LogP contribution >= 0.6 is 11.8 Å². The molecule has 0 saturated carbocycles. The van der Waals surface area contributed by atoms with E-state index in [1.807, 2.05) is 0 Å². The third kappa shape index (κ3) is 1.55. The van der Waals surface area contributed by atoms with Gasteiger partial charge < -0.3 is 14.9 Å². The summed E-state index contributed by atoms with van der Waals surface area (Å²) in [7, 11) is -0.619. The Labute approximate surface area is 102 Å². The van der Waals surface area contributed by atoms with Crippen molar-refractivity contribution in [3.63, 3.8) is 0 Å². The molecule has 0 saturated heterocycles. The molecule has 17 heavy (non-hydrogen) atoms. The van der Waals surface area contributed by atoms with Crippen molar-refractivity contribution >= 4 is 30.3 Å². The highest BCUT2D eigenvalue weighted by Gasteiger charge is 2.28. The highest BCUT2D eigenvalue weighted by atomic mass is 32.2. The first-order chi connectivity index (χ1) is 8.18. The van der Waals surface area contributed by atoms with Crippen LogP contribution in [0.1, 0.15) is 0 Å². The minimum Gasteiger partial charge on any atom is -0.492 e. The number of hydrogen-bond donors (Lipinski definition) is 2. The van der Waals surface area contributed by atoms with Gasteiger partial charge in [0, 0.05) is 18.4 Å². The van der Waals surface area contributed by atoms with Gasteiger partial charge in [0.25, 0.3) is 0 Å². The minimum atomic E-state index is -0.619. The number of fused-ring (bicyclic) bond motifs is 2. The fraction of sp³-hybridized carbons (Fsp3) is 0.333. The molecule has 3 rings (SSSR count). The molecule has 0 amide bonds. The van der Waals surface area contributed by atoms with Gasteiger partial charge in [-0.25, -0.2) is 4.98 Å². The zero-order chi connectivity index (χ0) is 12.0. The van der Waals surface area contributed by atoms with Crippen LogP contribution in [-0.4, -0.2) is 44.1 Å². The Hall–Kier alpha value is -1.41. The van der Waals surface area contributed by atoms with Gasteiger partial charge in [-0.2, -0.15) is 9.61 Å². The van der Waals surface area contributed by atoms with Crippen molar-refractivity contribution in [3.05, 3.63) is 12.3 Å². The van der Waals surface area contributed by atoms with Crippen molar-refractivity contribution in [1.29, 1.82) is 0 Å². The molecule has 0 aromatic carbocycles. The fourth-order valence-corrected chi connectivity index (χ4v) is 2.94. The second kappa shape index (κ2) is 3.81. The van der Waals surface area contributed by atoms with Crippen LogP contribution in [0.4, 0.5) is 5.82 Å². The van der Waals surface area contributed by atoms with Gasteiger partial charge in [0.15, 0.2) is 5.65 Å². The zero-order valence-corrected chi connectivity index (χ0v) is 10.1. The number of nitrogens with zero attached hydrogens (tertiary/aromatic N) is 4. The molecule has 6 nitrogen and oxygen atoms in total. The third-order valence-electron chi connectivity index (χ3n) is 2.75. The fourth-order valence-electron chi connectivity index (χ4n) is 1.94. The van der Waals surface area contributed by atoms with E-state index in [-0.39, 0.29) is 5.88 Å². The van der Waals surface area contributed by atoms with Gasteiger partial charge in [-0.15, -0.1) is 11.8 Å². The Balaban J connectivity index is 2.25. The quantitative estimate of drug-likeness (QED) is 0.716. The first-order valence-electron chi connectivity index (χ1n) is 5.32. The Morgan fingerprint density at radius 2 is 2.35 bits per heavy atom. The van der Waals surface area contributed by atoms with Crippen molar-refractivity contribution in [2.45, 2.75) is 11.7 Å². The summed E-state index contributed by atoms with van der Waals surface area (Å²) in [6.07, 6.45) is 1.59. The van der Waals surface area contributed by atoms with Gasteiger partial charge in [0.1, 0.15) is 10.7 Å². The van der Waals surface area contributed by atoms with Crippen LogP contribution in [0.5, 0.6) is 5.88 Å². The van der Waals surface area contributed by atoms with E-state index in [0.29, 0.717) is 22.9 Å². The van der Waals surface area contributed by atoms with E-state index in [4.69, 9.17) is 0 Å². The number of anilines is 1. The summed E-state index contributed by atoms with van der Waals surface area (Å²) in [5.74, 6) is 1.52. The molecule has 0 bridgehead atoms. The standard InChI is InChI=1S/C9H11BN4O2S/c1-10(16)13-4-5-17-7-8(13)12-6-2-3-11-14(6)9(7)15/h2-3,15-16H,4-5H2,1H3. The van der Waals surface area contributed by atoms with E-state index in [0.717, 1.165) is 5.75 Å². The van der Waals surface area contributed by atoms with Crippen molar-refractivity contribution in [2.75, 3.05) is 17.1 Å². The van der Waals surface area contributed by atoms with Crippen LogP contribution in [0.25, 0.3) is 5.65 Å². The summed E-state index contributed by atoms with van der Waals surface area (Å²) in [4.78, 5) is 6.88. The summed E-state index contributed by atoms with van der Waals surface area (Å²) in [6.45, 7) is 2.41. The molecule has 0 atom stereocenters. The highest BCUT2D eigenvalue weighted by molar-refractivity contribution is 7.99. The molecule has 2 aromatic rings. The average Bonchev–Trinajstić information content (AvgIpc) is 2.77. The maximum atomic E-state index is 10.1. The number of aromatic nitrogens is 3. The van der Waals surface area contributed by atoms with E-state index >= 15 is 0 Å². The molecular weight excluding hydrogens is 239 g/mol. The molecule has 3 heterocycles. The smallest absolute Gasteiger partial charge is 0.410 e.